The predicted octanol–water partition coefficient (Wildman–Crippen LogP) is 3.34. The molecule has 138 valence electrons. The highest BCUT2D eigenvalue weighted by atomic mass is 79.9. The van der Waals surface area contributed by atoms with E-state index in [2.05, 4.69) is 30.9 Å². The van der Waals surface area contributed by atoms with Gasteiger partial charge in [0.15, 0.2) is 0 Å². The Hall–Kier alpha value is -2.23. The van der Waals surface area contributed by atoms with Crippen LogP contribution in [0.25, 0.3) is 0 Å². The molecule has 1 amide bonds. The molecular weight excluding hydrogens is 417 g/mol. The van der Waals surface area contributed by atoms with E-state index < -0.39 is 11.9 Å². The fourth-order valence-electron chi connectivity index (χ4n) is 2.60. The standard InChI is InChI=1S/C16H14BrF3N4O2/c17-11-7-22-15(23-8-11)26-12-2-1-5-24(9-12)14(25)10-3-4-13(21-6-10)16(18,19)20/h3-4,6-8,12H,1-2,5,9H2. The SMILES string of the molecule is O=C(c1ccc(C(F)(F)F)nc1)N1CCCC(Oc2ncc(Br)cn2)C1. The molecule has 1 aliphatic rings. The molecule has 0 radical (unpaired) electrons. The minimum atomic E-state index is -4.53. The van der Waals surface area contributed by atoms with Crippen molar-refractivity contribution in [3.05, 3.63) is 46.5 Å². The molecule has 10 heteroatoms. The lowest BCUT2D eigenvalue weighted by Crippen LogP contribution is -2.44. The number of carbonyl (C=O) groups excluding carboxylic acids is 1. The number of halogens is 4. The van der Waals surface area contributed by atoms with Crippen molar-refractivity contribution in [2.24, 2.45) is 0 Å². The molecule has 1 atom stereocenters. The van der Waals surface area contributed by atoms with Crippen molar-refractivity contribution in [2.45, 2.75) is 25.1 Å². The Morgan fingerprint density at radius 1 is 1.19 bits per heavy atom. The molecular formula is C16H14BrF3N4O2. The Labute approximate surface area is 155 Å². The molecule has 6 nitrogen and oxygen atoms in total. The number of amides is 1. The third-order valence-corrected chi connectivity index (χ3v) is 4.24. The zero-order valence-corrected chi connectivity index (χ0v) is 15.0. The first kappa shape index (κ1) is 18.6. The fourth-order valence-corrected chi connectivity index (χ4v) is 2.80. The Morgan fingerprint density at radius 3 is 2.54 bits per heavy atom. The van der Waals surface area contributed by atoms with E-state index in [9.17, 15) is 18.0 Å². The van der Waals surface area contributed by atoms with Crippen molar-refractivity contribution < 1.29 is 22.7 Å². The summed E-state index contributed by atoms with van der Waals surface area (Å²) in [5.41, 5.74) is -0.917. The summed E-state index contributed by atoms with van der Waals surface area (Å²) in [5.74, 6) is -0.378. The summed E-state index contributed by atoms with van der Waals surface area (Å²) in [6, 6.07) is 2.16. The summed E-state index contributed by atoms with van der Waals surface area (Å²) in [7, 11) is 0. The number of aromatic nitrogens is 3. The van der Waals surface area contributed by atoms with Crippen LogP contribution < -0.4 is 4.74 Å². The highest BCUT2D eigenvalue weighted by Crippen LogP contribution is 2.27. The van der Waals surface area contributed by atoms with E-state index in [0.29, 0.717) is 19.5 Å². The summed E-state index contributed by atoms with van der Waals surface area (Å²) in [5, 5.41) is 0. The number of pyridine rings is 1. The van der Waals surface area contributed by atoms with Gasteiger partial charge >= 0.3 is 12.2 Å². The van der Waals surface area contributed by atoms with E-state index in [1.165, 1.54) is 4.90 Å². The van der Waals surface area contributed by atoms with E-state index >= 15 is 0 Å². The van der Waals surface area contributed by atoms with Gasteiger partial charge in [-0.25, -0.2) is 9.97 Å². The normalized spacial score (nSPS) is 17.8. The van der Waals surface area contributed by atoms with Crippen LogP contribution in [-0.4, -0.2) is 45.0 Å². The number of hydrogen-bond acceptors (Lipinski definition) is 5. The number of nitrogens with zero attached hydrogens (tertiary/aromatic N) is 4. The molecule has 0 aromatic carbocycles. The number of hydrogen-bond donors (Lipinski definition) is 0. The van der Waals surface area contributed by atoms with Crippen LogP contribution in [0.3, 0.4) is 0 Å². The Kier molecular flexibility index (Phi) is 5.40. The molecule has 3 heterocycles. The smallest absolute Gasteiger partial charge is 0.433 e. The van der Waals surface area contributed by atoms with Gasteiger partial charge in [-0.05, 0) is 40.9 Å². The van der Waals surface area contributed by atoms with Crippen LogP contribution in [0.2, 0.25) is 0 Å². The summed E-state index contributed by atoms with van der Waals surface area (Å²) in [6.45, 7) is 0.806. The van der Waals surface area contributed by atoms with Crippen LogP contribution >= 0.6 is 15.9 Å². The summed E-state index contributed by atoms with van der Waals surface area (Å²) in [6.07, 6.45) is 0.694. The molecule has 2 aromatic heterocycles. The Balaban J connectivity index is 1.65. The lowest BCUT2D eigenvalue weighted by atomic mass is 10.1. The number of piperidine rings is 1. The molecule has 0 spiro atoms. The lowest BCUT2D eigenvalue weighted by molar-refractivity contribution is -0.141. The van der Waals surface area contributed by atoms with Crippen molar-refractivity contribution in [3.63, 3.8) is 0 Å². The molecule has 1 fully saturated rings. The van der Waals surface area contributed by atoms with Crippen LogP contribution in [0.5, 0.6) is 6.01 Å². The Bertz CT molecular complexity index is 769. The van der Waals surface area contributed by atoms with E-state index in [0.717, 1.165) is 29.2 Å². The largest absolute Gasteiger partial charge is 0.458 e. The quantitative estimate of drug-likeness (QED) is 0.746. The van der Waals surface area contributed by atoms with Gasteiger partial charge in [0.25, 0.3) is 5.91 Å². The third-order valence-electron chi connectivity index (χ3n) is 3.83. The van der Waals surface area contributed by atoms with Crippen molar-refractivity contribution in [1.82, 2.24) is 19.9 Å². The molecule has 1 aliphatic heterocycles. The summed E-state index contributed by atoms with van der Waals surface area (Å²) < 4.78 is 44.1. The first-order valence-electron chi connectivity index (χ1n) is 7.79. The third kappa shape index (κ3) is 4.48. The number of carbonyl (C=O) groups is 1. The van der Waals surface area contributed by atoms with Gasteiger partial charge < -0.3 is 9.64 Å². The van der Waals surface area contributed by atoms with Gasteiger partial charge in [-0.1, -0.05) is 0 Å². The summed E-state index contributed by atoms with van der Waals surface area (Å²) in [4.78, 5) is 25.5. The minimum absolute atomic E-state index is 0.110. The molecule has 1 saturated heterocycles. The number of ether oxygens (including phenoxy) is 1. The lowest BCUT2D eigenvalue weighted by Gasteiger charge is -2.32. The van der Waals surface area contributed by atoms with Gasteiger partial charge in [-0.3, -0.25) is 9.78 Å². The molecule has 2 aromatic rings. The van der Waals surface area contributed by atoms with Crippen molar-refractivity contribution >= 4 is 21.8 Å². The average Bonchev–Trinajstić information content (AvgIpc) is 2.63. The number of rotatable bonds is 3. The second-order valence-corrected chi connectivity index (χ2v) is 6.66. The topological polar surface area (TPSA) is 68.2 Å². The van der Waals surface area contributed by atoms with Gasteiger partial charge in [0.05, 0.1) is 16.6 Å². The highest BCUT2D eigenvalue weighted by molar-refractivity contribution is 9.10. The maximum absolute atomic E-state index is 12.6. The highest BCUT2D eigenvalue weighted by Gasteiger charge is 2.33. The van der Waals surface area contributed by atoms with E-state index in [4.69, 9.17) is 4.74 Å². The van der Waals surface area contributed by atoms with E-state index in [1.54, 1.807) is 12.4 Å². The van der Waals surface area contributed by atoms with Crippen LogP contribution in [0, 0.1) is 0 Å². The monoisotopic (exact) mass is 430 g/mol. The molecule has 26 heavy (non-hydrogen) atoms. The zero-order chi connectivity index (χ0) is 18.7. The van der Waals surface area contributed by atoms with Crippen LogP contribution in [-0.2, 0) is 6.18 Å². The van der Waals surface area contributed by atoms with Gasteiger partial charge in [-0.2, -0.15) is 13.2 Å². The van der Waals surface area contributed by atoms with Gasteiger partial charge in [0.1, 0.15) is 11.8 Å². The molecule has 0 aliphatic carbocycles. The Morgan fingerprint density at radius 2 is 1.92 bits per heavy atom. The molecule has 0 saturated carbocycles. The van der Waals surface area contributed by atoms with Crippen molar-refractivity contribution in [1.29, 1.82) is 0 Å². The summed E-state index contributed by atoms with van der Waals surface area (Å²) >= 11 is 3.23. The molecule has 1 unspecified atom stereocenters. The van der Waals surface area contributed by atoms with Crippen LogP contribution in [0.1, 0.15) is 28.9 Å². The number of alkyl halides is 3. The number of likely N-dealkylation sites (tertiary alicyclic amines) is 1. The average molecular weight is 431 g/mol. The second-order valence-electron chi connectivity index (χ2n) is 5.75. The van der Waals surface area contributed by atoms with Crippen molar-refractivity contribution in [3.8, 4) is 6.01 Å². The van der Waals surface area contributed by atoms with Gasteiger partial charge in [0, 0.05) is 25.1 Å². The second kappa shape index (κ2) is 7.56. The van der Waals surface area contributed by atoms with Gasteiger partial charge in [-0.15, -0.1) is 0 Å². The predicted molar refractivity (Wildman–Crippen MR) is 88.5 cm³/mol. The maximum Gasteiger partial charge on any atom is 0.433 e. The maximum atomic E-state index is 12.6. The van der Waals surface area contributed by atoms with Crippen LogP contribution in [0.15, 0.2) is 35.2 Å². The first-order valence-corrected chi connectivity index (χ1v) is 8.59. The van der Waals surface area contributed by atoms with E-state index in [1.807, 2.05) is 0 Å². The first-order chi connectivity index (χ1) is 12.3. The minimum Gasteiger partial charge on any atom is -0.458 e. The van der Waals surface area contributed by atoms with E-state index in [-0.39, 0.29) is 23.6 Å². The fraction of sp³-hybridized carbons (Fsp3) is 0.375. The molecule has 0 bridgehead atoms. The molecule has 0 N–H and O–H groups in total. The molecule has 3 rings (SSSR count). The van der Waals surface area contributed by atoms with Crippen molar-refractivity contribution in [2.75, 3.05) is 13.1 Å². The zero-order valence-electron chi connectivity index (χ0n) is 13.4. The van der Waals surface area contributed by atoms with Gasteiger partial charge in [0.2, 0.25) is 0 Å². The van der Waals surface area contributed by atoms with Crippen LogP contribution in [0.4, 0.5) is 13.2 Å².